The van der Waals surface area contributed by atoms with Gasteiger partial charge in [-0.1, -0.05) is 14.9 Å². The van der Waals surface area contributed by atoms with E-state index in [1.807, 2.05) is 0 Å². The van der Waals surface area contributed by atoms with Crippen molar-refractivity contribution in [3.05, 3.63) is 0 Å². The summed E-state index contributed by atoms with van der Waals surface area (Å²) in [7, 11) is 0. The van der Waals surface area contributed by atoms with Crippen molar-refractivity contribution in [2.45, 2.75) is 72.4 Å². The fourth-order valence-corrected chi connectivity index (χ4v) is 2.54. The molecule has 1 heterocycles. The molecule has 0 bridgehead atoms. The number of esters is 4. The van der Waals surface area contributed by atoms with Gasteiger partial charge < -0.3 is 36.3 Å². The number of rotatable bonds is 5. The summed E-state index contributed by atoms with van der Waals surface area (Å²) < 4.78 is 25.7. The summed E-state index contributed by atoms with van der Waals surface area (Å²) in [5, 5.41) is 0. The third-order valence-corrected chi connectivity index (χ3v) is 3.33. The van der Waals surface area contributed by atoms with Crippen LogP contribution in [0.3, 0.4) is 0 Å². The molecule has 0 spiro atoms. The Labute approximate surface area is 182 Å². The van der Waals surface area contributed by atoms with E-state index in [0.29, 0.717) is 0 Å². The minimum Gasteiger partial charge on any atom is -0.757 e. The van der Waals surface area contributed by atoms with E-state index in [1.165, 1.54) is 6.92 Å². The third kappa shape index (κ3) is 10.2. The largest absolute Gasteiger partial charge is 0.757 e. The normalized spacial score (nSPS) is 26.0. The molecule has 0 amide bonds. The molecule has 11 heteroatoms. The smallest absolute Gasteiger partial charge is 0.303 e. The Hall–Kier alpha value is -0.992. The second kappa shape index (κ2) is 14.1. The average molecular weight is 517 g/mol. The van der Waals surface area contributed by atoms with E-state index >= 15 is 0 Å². The molecular weight excluding hydrogens is 490 g/mol. The molecule has 0 aromatic rings. The molecule has 1 fully saturated rings. The zero-order valence-corrected chi connectivity index (χ0v) is 17.5. The van der Waals surface area contributed by atoms with Gasteiger partial charge in [0.1, 0.15) is 18.8 Å². The van der Waals surface area contributed by atoms with Gasteiger partial charge in [0.05, 0.1) is 0 Å². The van der Waals surface area contributed by atoms with E-state index in [0.717, 1.165) is 20.8 Å². The quantitative estimate of drug-likeness (QED) is 0.221. The molecule has 5 unspecified atom stereocenters. The summed E-state index contributed by atoms with van der Waals surface area (Å²) in [6.45, 7) is 4.36. The summed E-state index contributed by atoms with van der Waals surface area (Å²) in [6.07, 6.45) is -4.47. The molecule has 5 atom stereocenters. The first-order valence-electron chi connectivity index (χ1n) is 7.08. The molecular formula is C16H27O9SSb-. The van der Waals surface area contributed by atoms with Crippen molar-refractivity contribution in [1.29, 1.82) is 0 Å². The third-order valence-electron chi connectivity index (χ3n) is 2.95. The van der Waals surface area contributed by atoms with Gasteiger partial charge in [-0.25, -0.2) is 0 Å². The Bertz CT molecular complexity index is 514. The van der Waals surface area contributed by atoms with E-state index in [9.17, 15) is 19.2 Å². The maximum absolute atomic E-state index is 11.4. The molecule has 1 aliphatic rings. The molecule has 0 aromatic heterocycles. The second-order valence-electron chi connectivity index (χ2n) is 5.07. The van der Waals surface area contributed by atoms with Gasteiger partial charge in [0.15, 0.2) is 12.2 Å². The summed E-state index contributed by atoms with van der Waals surface area (Å²) in [5.41, 5.74) is -1.09. The van der Waals surface area contributed by atoms with Crippen molar-refractivity contribution in [3.8, 4) is 0 Å². The van der Waals surface area contributed by atoms with Crippen LogP contribution in [0.1, 0.15) is 42.5 Å². The Morgan fingerprint density at radius 1 is 0.778 bits per heavy atom. The topological polar surface area (TPSA) is 114 Å². The summed E-state index contributed by atoms with van der Waals surface area (Å²) in [6, 6.07) is 0. The Morgan fingerprint density at radius 2 is 1.19 bits per heavy atom. The van der Waals surface area contributed by atoms with E-state index < -0.39 is 53.7 Å². The minimum atomic E-state index is -1.19. The number of carbonyl (C=O) groups is 4. The monoisotopic (exact) mass is 516 g/mol. The van der Waals surface area contributed by atoms with Crippen LogP contribution in [0.15, 0.2) is 0 Å². The van der Waals surface area contributed by atoms with Crippen molar-refractivity contribution in [2.24, 2.45) is 0 Å². The van der Waals surface area contributed by atoms with Crippen LogP contribution in [0.2, 0.25) is 0 Å². The Kier molecular flexibility index (Phi) is 16.0. The van der Waals surface area contributed by atoms with Crippen LogP contribution >= 0.6 is 0 Å². The number of hydrogen-bond acceptors (Lipinski definition) is 10. The van der Waals surface area contributed by atoms with E-state index in [2.05, 4.69) is 0 Å². The Balaban J connectivity index is -0.00000192. The van der Waals surface area contributed by atoms with Gasteiger partial charge in [-0.05, 0) is 5.44 Å². The molecule has 27 heavy (non-hydrogen) atoms. The van der Waals surface area contributed by atoms with E-state index in [1.54, 1.807) is 0 Å². The molecule has 3 radical (unpaired) electrons. The second-order valence-corrected chi connectivity index (χ2v) is 5.53. The number of carbonyl (C=O) groups excluding carboxylic acids is 4. The molecule has 9 nitrogen and oxygen atoms in total. The molecule has 1 rings (SSSR count). The predicted molar refractivity (Wildman–Crippen MR) is 98.5 cm³/mol. The van der Waals surface area contributed by atoms with Crippen LogP contribution in [0, 0.1) is 0 Å². The summed E-state index contributed by atoms with van der Waals surface area (Å²) >= 11 is 5.11. The van der Waals surface area contributed by atoms with Crippen molar-refractivity contribution in [3.63, 3.8) is 0 Å². The van der Waals surface area contributed by atoms with Crippen molar-refractivity contribution >= 4 is 60.9 Å². The van der Waals surface area contributed by atoms with Crippen molar-refractivity contribution < 1.29 is 42.9 Å². The molecule has 1 saturated heterocycles. The number of hydrogen-bond donors (Lipinski definition) is 0. The van der Waals surface area contributed by atoms with Gasteiger partial charge in [-0.2, -0.15) is 0 Å². The first-order valence-corrected chi connectivity index (χ1v) is 7.55. The van der Waals surface area contributed by atoms with Crippen LogP contribution in [0.5, 0.6) is 0 Å². The van der Waals surface area contributed by atoms with Crippen LogP contribution in [0.4, 0.5) is 0 Å². The molecule has 0 aliphatic carbocycles. The predicted octanol–water partition coefficient (Wildman–Crippen LogP) is 0.508. The standard InChI is InChI=1S/C14H20O9S.2CH4.Sb/c1-6(15)19-5-10-11(20-7(2)16)12(21-8(3)17)13(14(24)23-10)22-9(4)18;;;/h10-14,24H,5H2,1-4H3;2*1H4;/p-1. The van der Waals surface area contributed by atoms with E-state index in [4.69, 9.17) is 36.3 Å². The maximum Gasteiger partial charge on any atom is 0.303 e. The number of ether oxygens (including phenoxy) is 5. The maximum atomic E-state index is 11.4. The zero-order valence-electron chi connectivity index (χ0n) is 14.1. The first kappa shape index (κ1) is 30.7. The first-order chi connectivity index (χ1) is 11.1. The molecule has 0 saturated carbocycles. The van der Waals surface area contributed by atoms with Crippen LogP contribution in [0.25, 0.3) is 0 Å². The van der Waals surface area contributed by atoms with Crippen LogP contribution in [-0.2, 0) is 55.5 Å². The van der Waals surface area contributed by atoms with Gasteiger partial charge >= 0.3 is 23.9 Å². The molecule has 1 aliphatic heterocycles. The van der Waals surface area contributed by atoms with Gasteiger partial charge in [-0.15, -0.1) is 0 Å². The summed E-state index contributed by atoms with van der Waals surface area (Å²) in [5.74, 6) is -2.62. The van der Waals surface area contributed by atoms with Gasteiger partial charge in [-0.3, -0.25) is 19.2 Å². The minimum absolute atomic E-state index is 0. The van der Waals surface area contributed by atoms with Gasteiger partial charge in [0, 0.05) is 52.1 Å². The summed E-state index contributed by atoms with van der Waals surface area (Å²) in [4.78, 5) is 45.0. The molecule has 0 aromatic carbocycles. The SMILES string of the molecule is C.C.CC(=O)OCC1OC([S-])C(OC(C)=O)C(OC(C)=O)C1OC(C)=O.[Sb]. The van der Waals surface area contributed by atoms with E-state index in [-0.39, 0.29) is 45.9 Å². The fourth-order valence-electron chi connectivity index (χ4n) is 2.19. The molecule has 157 valence electrons. The van der Waals surface area contributed by atoms with Gasteiger partial charge in [0.25, 0.3) is 0 Å². The van der Waals surface area contributed by atoms with Crippen LogP contribution < -0.4 is 0 Å². The zero-order chi connectivity index (χ0) is 18.4. The average Bonchev–Trinajstić information content (AvgIpc) is 2.42. The van der Waals surface area contributed by atoms with Crippen molar-refractivity contribution in [2.75, 3.05) is 6.61 Å². The van der Waals surface area contributed by atoms with Crippen molar-refractivity contribution in [1.82, 2.24) is 0 Å². The fraction of sp³-hybridized carbons (Fsp3) is 0.750. The van der Waals surface area contributed by atoms with Crippen LogP contribution in [-0.4, -0.2) is 84.8 Å². The van der Waals surface area contributed by atoms with Gasteiger partial charge in [0.2, 0.25) is 0 Å². The molecule has 0 N–H and O–H groups in total. The Morgan fingerprint density at radius 3 is 1.59 bits per heavy atom.